The van der Waals surface area contributed by atoms with Crippen molar-refractivity contribution in [3.05, 3.63) is 64.7 Å². The largest absolute Gasteiger partial charge is 0.497 e. The fourth-order valence-corrected chi connectivity index (χ4v) is 5.41. The maximum Gasteiger partial charge on any atom is 0.262 e. The lowest BCUT2D eigenvalue weighted by molar-refractivity contribution is -0.121. The minimum Gasteiger partial charge on any atom is -0.497 e. The van der Waals surface area contributed by atoms with Gasteiger partial charge in [-0.25, -0.2) is 0 Å². The van der Waals surface area contributed by atoms with Crippen LogP contribution in [0.4, 0.5) is 5.69 Å². The van der Waals surface area contributed by atoms with Crippen LogP contribution in [0.5, 0.6) is 5.75 Å². The molecule has 0 atom stereocenters. The number of hydrogen-bond acceptors (Lipinski definition) is 8. The third-order valence-electron chi connectivity index (χ3n) is 7.69. The second-order valence-corrected chi connectivity index (χ2v) is 10.9. The molecular weight excluding hydrogens is 534 g/mol. The van der Waals surface area contributed by atoms with E-state index in [4.69, 9.17) is 9.47 Å². The van der Waals surface area contributed by atoms with Crippen LogP contribution >= 0.6 is 0 Å². The average Bonchev–Trinajstić information content (AvgIpc) is 3.44. The van der Waals surface area contributed by atoms with E-state index in [2.05, 4.69) is 37.4 Å². The molecule has 0 aliphatic carbocycles. The Hall–Kier alpha value is -3.96. The summed E-state index contributed by atoms with van der Waals surface area (Å²) < 4.78 is 14.5. The highest BCUT2D eigenvalue weighted by Gasteiger charge is 2.19. The number of nitrogens with zero attached hydrogens (tertiary/aromatic N) is 6. The van der Waals surface area contributed by atoms with Crippen LogP contribution in [-0.2, 0) is 22.5 Å². The Balaban J connectivity index is 1.14. The van der Waals surface area contributed by atoms with E-state index >= 15 is 0 Å². The molecule has 42 heavy (non-hydrogen) atoms. The summed E-state index contributed by atoms with van der Waals surface area (Å²) in [5, 5.41) is 12.4. The third-order valence-corrected chi connectivity index (χ3v) is 7.69. The average molecular weight is 576 g/mol. The number of anilines is 1. The molecular formula is C31H41N7O4. The van der Waals surface area contributed by atoms with Crippen LogP contribution in [0.1, 0.15) is 32.5 Å². The van der Waals surface area contributed by atoms with Crippen molar-refractivity contribution in [2.24, 2.45) is 0 Å². The van der Waals surface area contributed by atoms with E-state index in [-0.39, 0.29) is 17.6 Å². The van der Waals surface area contributed by atoms with Gasteiger partial charge in [-0.3, -0.25) is 23.5 Å². The monoisotopic (exact) mass is 575 g/mol. The molecule has 0 saturated carbocycles. The summed E-state index contributed by atoms with van der Waals surface area (Å²) in [5.74, 6) is 2.00. The molecule has 2 aromatic carbocycles. The van der Waals surface area contributed by atoms with Gasteiger partial charge in [0.15, 0.2) is 0 Å². The first-order valence-electron chi connectivity index (χ1n) is 14.8. The Kier molecular flexibility index (Phi) is 9.70. The molecule has 0 unspecified atom stereocenters. The molecule has 1 aliphatic rings. The molecule has 224 valence electrons. The van der Waals surface area contributed by atoms with E-state index < -0.39 is 0 Å². The van der Waals surface area contributed by atoms with Crippen LogP contribution in [0.15, 0.2) is 53.3 Å². The second-order valence-electron chi connectivity index (χ2n) is 10.9. The second kappa shape index (κ2) is 13.8. The van der Waals surface area contributed by atoms with Crippen LogP contribution in [0, 0.1) is 0 Å². The van der Waals surface area contributed by atoms with Crippen molar-refractivity contribution < 1.29 is 14.3 Å². The summed E-state index contributed by atoms with van der Waals surface area (Å²) in [5.41, 5.74) is 1.86. The van der Waals surface area contributed by atoms with Gasteiger partial charge in [0.1, 0.15) is 11.6 Å². The van der Waals surface area contributed by atoms with E-state index in [1.165, 1.54) is 5.69 Å². The first kappa shape index (κ1) is 29.5. The lowest BCUT2D eigenvalue weighted by Crippen LogP contribution is -2.48. The number of methoxy groups -OCH3 is 1. The summed E-state index contributed by atoms with van der Waals surface area (Å²) in [6.45, 7) is 10.2. The number of ether oxygens (including phenoxy) is 2. The summed E-state index contributed by atoms with van der Waals surface area (Å²) in [7, 11) is 1.68. The molecule has 4 aromatic rings. The number of hydrogen-bond donors (Lipinski definition) is 1. The molecule has 5 rings (SSSR count). The summed E-state index contributed by atoms with van der Waals surface area (Å²) >= 11 is 0. The van der Waals surface area contributed by atoms with Crippen molar-refractivity contribution in [2.75, 3.05) is 57.9 Å². The van der Waals surface area contributed by atoms with Gasteiger partial charge in [0.2, 0.25) is 11.7 Å². The zero-order valence-electron chi connectivity index (χ0n) is 24.8. The molecule has 3 heterocycles. The number of aryl methyl sites for hydroxylation is 2. The molecule has 11 nitrogen and oxygen atoms in total. The van der Waals surface area contributed by atoms with Crippen LogP contribution in [0.25, 0.3) is 16.7 Å². The summed E-state index contributed by atoms with van der Waals surface area (Å²) in [4.78, 5) is 30.8. The van der Waals surface area contributed by atoms with Crippen molar-refractivity contribution in [1.29, 1.82) is 0 Å². The SMILES string of the molecule is COc1ccc(N2CCN(CCNC(=O)CCc3nnc4n(CCCOC(C)C)c(=O)c5ccccc5n34)CC2)cc1. The van der Waals surface area contributed by atoms with E-state index in [1.807, 2.05) is 54.6 Å². The number of aromatic nitrogens is 4. The van der Waals surface area contributed by atoms with Crippen molar-refractivity contribution in [2.45, 2.75) is 45.8 Å². The summed E-state index contributed by atoms with van der Waals surface area (Å²) in [6, 6.07) is 15.7. The fourth-order valence-electron chi connectivity index (χ4n) is 5.41. The van der Waals surface area contributed by atoms with Crippen LogP contribution in [-0.4, -0.2) is 89.1 Å². The van der Waals surface area contributed by atoms with Gasteiger partial charge in [-0.2, -0.15) is 0 Å². The quantitative estimate of drug-likeness (QED) is 0.243. The number of piperazine rings is 1. The van der Waals surface area contributed by atoms with Gasteiger partial charge in [-0.05, 0) is 56.7 Å². The van der Waals surface area contributed by atoms with Crippen molar-refractivity contribution >= 4 is 28.3 Å². The highest BCUT2D eigenvalue weighted by Crippen LogP contribution is 2.20. The molecule has 1 aliphatic heterocycles. The number of nitrogens with one attached hydrogen (secondary N) is 1. The van der Waals surface area contributed by atoms with Crippen LogP contribution in [0.2, 0.25) is 0 Å². The fraction of sp³-hybridized carbons (Fsp3) is 0.484. The van der Waals surface area contributed by atoms with Crippen LogP contribution < -0.4 is 20.5 Å². The first-order valence-corrected chi connectivity index (χ1v) is 14.8. The Morgan fingerprint density at radius 2 is 1.76 bits per heavy atom. The number of rotatable bonds is 13. The smallest absolute Gasteiger partial charge is 0.262 e. The number of carbonyl (C=O) groups excluding carboxylic acids is 1. The predicted octanol–water partition coefficient (Wildman–Crippen LogP) is 2.74. The Morgan fingerprint density at radius 3 is 2.50 bits per heavy atom. The lowest BCUT2D eigenvalue weighted by atomic mass is 10.2. The zero-order valence-corrected chi connectivity index (χ0v) is 24.8. The molecule has 11 heteroatoms. The molecule has 1 saturated heterocycles. The normalized spacial score (nSPS) is 14.2. The molecule has 1 amide bonds. The summed E-state index contributed by atoms with van der Waals surface area (Å²) in [6.07, 6.45) is 1.54. The molecule has 0 bridgehead atoms. The molecule has 0 radical (unpaired) electrons. The Bertz CT molecular complexity index is 1540. The number of amides is 1. The number of benzene rings is 2. The van der Waals surface area contributed by atoms with Gasteiger partial charge in [0, 0.05) is 70.9 Å². The number of fused-ring (bicyclic) bond motifs is 3. The standard InChI is InChI=1S/C31H41N7O4/c1-23(2)42-22-6-16-37-30(40)26-7-4-5-8-27(26)38-28(33-34-31(37)38)13-14-29(39)32-15-17-35-18-20-36(21-19-35)24-9-11-25(41-3)12-10-24/h4-5,7-12,23H,6,13-22H2,1-3H3,(H,32,39). The maximum atomic E-state index is 13.3. The minimum absolute atomic E-state index is 0.0212. The predicted molar refractivity (Wildman–Crippen MR) is 163 cm³/mol. The Morgan fingerprint density at radius 1 is 1.00 bits per heavy atom. The van der Waals surface area contributed by atoms with Crippen molar-refractivity contribution in [3.63, 3.8) is 0 Å². The topological polar surface area (TPSA) is 106 Å². The number of carbonyl (C=O) groups is 1. The third kappa shape index (κ3) is 6.91. The van der Waals surface area contributed by atoms with E-state index in [9.17, 15) is 9.59 Å². The number of para-hydroxylation sites is 1. The van der Waals surface area contributed by atoms with Gasteiger partial charge < -0.3 is 19.7 Å². The van der Waals surface area contributed by atoms with Gasteiger partial charge in [0.05, 0.1) is 24.1 Å². The molecule has 2 aromatic heterocycles. The zero-order chi connectivity index (χ0) is 29.5. The van der Waals surface area contributed by atoms with Gasteiger partial charge in [-0.15, -0.1) is 10.2 Å². The highest BCUT2D eigenvalue weighted by molar-refractivity contribution is 5.80. The molecule has 1 fully saturated rings. The maximum absolute atomic E-state index is 13.3. The van der Waals surface area contributed by atoms with Gasteiger partial charge in [-0.1, -0.05) is 12.1 Å². The van der Waals surface area contributed by atoms with Gasteiger partial charge >= 0.3 is 0 Å². The lowest BCUT2D eigenvalue weighted by Gasteiger charge is -2.36. The minimum atomic E-state index is -0.0934. The first-order chi connectivity index (χ1) is 20.4. The van der Waals surface area contributed by atoms with E-state index in [0.717, 1.165) is 44.0 Å². The van der Waals surface area contributed by atoms with E-state index in [0.29, 0.717) is 55.9 Å². The molecule has 0 spiro atoms. The van der Waals surface area contributed by atoms with Crippen LogP contribution in [0.3, 0.4) is 0 Å². The molecule has 1 N–H and O–H groups in total. The van der Waals surface area contributed by atoms with Gasteiger partial charge in [0.25, 0.3) is 5.56 Å². The van der Waals surface area contributed by atoms with E-state index in [1.54, 1.807) is 11.7 Å². The Labute approximate surface area is 246 Å². The van der Waals surface area contributed by atoms with Crippen molar-refractivity contribution in [1.82, 2.24) is 29.4 Å². The van der Waals surface area contributed by atoms with Crippen molar-refractivity contribution in [3.8, 4) is 5.75 Å². The highest BCUT2D eigenvalue weighted by atomic mass is 16.5.